The second-order valence-electron chi connectivity index (χ2n) is 6.88. The van der Waals surface area contributed by atoms with E-state index < -0.39 is 0 Å². The summed E-state index contributed by atoms with van der Waals surface area (Å²) in [7, 11) is 0. The molecule has 0 fully saturated rings. The van der Waals surface area contributed by atoms with Gasteiger partial charge in [-0.2, -0.15) is 5.10 Å². The minimum atomic E-state index is -0.366. The topological polar surface area (TPSA) is 69.0 Å². The van der Waals surface area contributed by atoms with Gasteiger partial charge in [-0.3, -0.25) is 0 Å². The summed E-state index contributed by atoms with van der Waals surface area (Å²) >= 11 is 3.23. The van der Waals surface area contributed by atoms with Crippen LogP contribution in [-0.4, -0.2) is 27.3 Å². The summed E-state index contributed by atoms with van der Waals surface area (Å²) in [5.41, 5.74) is 3.15. The predicted octanol–water partition coefficient (Wildman–Crippen LogP) is 5.47. The van der Waals surface area contributed by atoms with Gasteiger partial charge in [-0.15, -0.1) is 22.7 Å². The van der Waals surface area contributed by atoms with Crippen molar-refractivity contribution in [3.63, 3.8) is 0 Å². The van der Waals surface area contributed by atoms with Gasteiger partial charge in [0.2, 0.25) is 5.13 Å². The van der Waals surface area contributed by atoms with Gasteiger partial charge in [-0.25, -0.2) is 14.5 Å². The zero-order valence-corrected chi connectivity index (χ0v) is 19.1. The molecule has 1 N–H and O–H groups in total. The van der Waals surface area contributed by atoms with Crippen LogP contribution >= 0.6 is 22.7 Å². The van der Waals surface area contributed by atoms with Gasteiger partial charge in [0.1, 0.15) is 5.56 Å². The van der Waals surface area contributed by atoms with Crippen LogP contribution in [0.25, 0.3) is 16.4 Å². The molecule has 0 amide bonds. The van der Waals surface area contributed by atoms with Crippen molar-refractivity contribution in [1.29, 1.82) is 0 Å². The Balaban J connectivity index is 1.65. The number of carbonyl (C=O) groups is 1. The minimum Gasteiger partial charge on any atom is -0.462 e. The van der Waals surface area contributed by atoms with E-state index in [2.05, 4.69) is 34.9 Å². The number of benzene rings is 1. The molecular formula is C23H24N4O2S2. The molecule has 31 heavy (non-hydrogen) atoms. The molecule has 0 aliphatic carbocycles. The van der Waals surface area contributed by atoms with E-state index in [1.807, 2.05) is 35.7 Å². The highest BCUT2D eigenvalue weighted by atomic mass is 32.1. The molecule has 0 unspecified atom stereocenters. The largest absolute Gasteiger partial charge is 0.462 e. The summed E-state index contributed by atoms with van der Waals surface area (Å²) in [6.45, 7) is 4.74. The molecule has 8 heteroatoms. The van der Waals surface area contributed by atoms with Crippen molar-refractivity contribution in [3.05, 3.63) is 75.6 Å². The lowest BCUT2D eigenvalue weighted by molar-refractivity contribution is 0.0524. The molecule has 1 aromatic carbocycles. The lowest BCUT2D eigenvalue weighted by Crippen LogP contribution is -2.23. The number of aromatic nitrogens is 3. The van der Waals surface area contributed by atoms with E-state index in [-0.39, 0.29) is 12.0 Å². The number of hydrogen-bond acceptors (Lipinski definition) is 7. The number of carbonyl (C=O) groups excluding carboxylic acids is 1. The van der Waals surface area contributed by atoms with Gasteiger partial charge in [0.05, 0.1) is 24.2 Å². The average Bonchev–Trinajstić information content (AvgIpc) is 3.55. The smallest absolute Gasteiger partial charge is 0.341 e. The molecule has 0 radical (unpaired) electrons. The summed E-state index contributed by atoms with van der Waals surface area (Å²) in [5, 5.41) is 12.9. The highest BCUT2D eigenvalue weighted by Crippen LogP contribution is 2.27. The fourth-order valence-electron chi connectivity index (χ4n) is 3.35. The van der Waals surface area contributed by atoms with Crippen molar-refractivity contribution in [2.45, 2.75) is 32.9 Å². The first kappa shape index (κ1) is 21.4. The SMILES string of the molecule is CCOC(=O)c1cnn(-c2nc(-c3ccccc3)cs2)c1CN[C@@H](CC)c1cccs1. The van der Waals surface area contributed by atoms with E-state index >= 15 is 0 Å². The van der Waals surface area contributed by atoms with E-state index in [0.29, 0.717) is 18.7 Å². The molecule has 160 valence electrons. The van der Waals surface area contributed by atoms with Crippen LogP contribution in [0.15, 0.2) is 59.4 Å². The number of esters is 1. The Hall–Kier alpha value is -2.81. The maximum absolute atomic E-state index is 12.6. The quantitative estimate of drug-likeness (QED) is 0.341. The summed E-state index contributed by atoms with van der Waals surface area (Å²) < 4.78 is 7.01. The highest BCUT2D eigenvalue weighted by Gasteiger charge is 2.22. The van der Waals surface area contributed by atoms with Crippen LogP contribution in [0.1, 0.15) is 47.2 Å². The second kappa shape index (κ2) is 10.00. The number of ether oxygens (including phenoxy) is 1. The Morgan fingerprint density at radius 2 is 2.00 bits per heavy atom. The third kappa shape index (κ3) is 4.76. The van der Waals surface area contributed by atoms with Gasteiger partial charge in [-0.1, -0.05) is 43.3 Å². The zero-order valence-electron chi connectivity index (χ0n) is 17.4. The first-order chi connectivity index (χ1) is 15.2. The van der Waals surface area contributed by atoms with Crippen LogP contribution in [0.5, 0.6) is 0 Å². The molecule has 3 aromatic heterocycles. The third-order valence-electron chi connectivity index (χ3n) is 4.92. The molecule has 4 aromatic rings. The molecule has 4 rings (SSSR count). The van der Waals surface area contributed by atoms with Crippen LogP contribution < -0.4 is 5.32 Å². The van der Waals surface area contributed by atoms with E-state index in [9.17, 15) is 4.79 Å². The number of thiazole rings is 1. The van der Waals surface area contributed by atoms with Gasteiger partial charge in [0.25, 0.3) is 0 Å². The lowest BCUT2D eigenvalue weighted by Gasteiger charge is -2.16. The van der Waals surface area contributed by atoms with Crippen LogP contribution in [0.4, 0.5) is 0 Å². The number of thiophene rings is 1. The molecular weight excluding hydrogens is 428 g/mol. The average molecular weight is 453 g/mol. The summed E-state index contributed by atoms with van der Waals surface area (Å²) in [6.07, 6.45) is 2.52. The number of rotatable bonds is 9. The van der Waals surface area contributed by atoms with E-state index in [4.69, 9.17) is 9.72 Å². The van der Waals surface area contributed by atoms with Crippen molar-refractivity contribution in [3.8, 4) is 16.4 Å². The Labute approximate surface area is 189 Å². The number of nitrogens with zero attached hydrogens (tertiary/aromatic N) is 3. The molecule has 3 heterocycles. The first-order valence-electron chi connectivity index (χ1n) is 10.2. The van der Waals surface area contributed by atoms with Crippen LogP contribution in [0, 0.1) is 0 Å². The Kier molecular flexibility index (Phi) is 6.91. The first-order valence-corrected chi connectivity index (χ1v) is 12.0. The Morgan fingerprint density at radius 1 is 1.16 bits per heavy atom. The van der Waals surface area contributed by atoms with Gasteiger partial charge in [0, 0.05) is 28.4 Å². The van der Waals surface area contributed by atoms with Gasteiger partial charge >= 0.3 is 5.97 Å². The molecule has 6 nitrogen and oxygen atoms in total. The van der Waals surface area contributed by atoms with E-state index in [1.54, 1.807) is 29.1 Å². The molecule has 1 atom stereocenters. The molecule has 0 spiro atoms. The fourth-order valence-corrected chi connectivity index (χ4v) is 5.05. The summed E-state index contributed by atoms with van der Waals surface area (Å²) in [4.78, 5) is 18.6. The van der Waals surface area contributed by atoms with Crippen LogP contribution in [0.3, 0.4) is 0 Å². The maximum atomic E-state index is 12.6. The highest BCUT2D eigenvalue weighted by molar-refractivity contribution is 7.12. The van der Waals surface area contributed by atoms with Crippen molar-refractivity contribution in [2.75, 3.05) is 6.61 Å². The second-order valence-corrected chi connectivity index (χ2v) is 8.69. The summed E-state index contributed by atoms with van der Waals surface area (Å²) in [5.74, 6) is -0.366. The minimum absolute atomic E-state index is 0.203. The predicted molar refractivity (Wildman–Crippen MR) is 125 cm³/mol. The molecule has 0 saturated heterocycles. The van der Waals surface area contributed by atoms with Crippen molar-refractivity contribution in [1.82, 2.24) is 20.1 Å². The third-order valence-corrected chi connectivity index (χ3v) is 6.72. The Morgan fingerprint density at radius 3 is 2.71 bits per heavy atom. The standard InChI is InChI=1S/C23H24N4O2S2/c1-3-18(21-11-8-12-30-21)24-14-20-17(22(28)29-4-2)13-25-27(20)23-26-19(15-31-23)16-9-6-5-7-10-16/h5-13,15,18,24H,3-4,14H2,1-2H3/t18-/m0/s1. The normalized spacial score (nSPS) is 12.1. The van der Waals surface area contributed by atoms with E-state index in [0.717, 1.165) is 28.5 Å². The van der Waals surface area contributed by atoms with Gasteiger partial charge < -0.3 is 10.1 Å². The monoisotopic (exact) mass is 452 g/mol. The lowest BCUT2D eigenvalue weighted by atomic mass is 10.1. The van der Waals surface area contributed by atoms with Crippen LogP contribution in [0.2, 0.25) is 0 Å². The van der Waals surface area contributed by atoms with Gasteiger partial charge in [-0.05, 0) is 24.8 Å². The van der Waals surface area contributed by atoms with Crippen molar-refractivity contribution in [2.24, 2.45) is 0 Å². The van der Waals surface area contributed by atoms with Crippen molar-refractivity contribution >= 4 is 28.6 Å². The maximum Gasteiger partial charge on any atom is 0.341 e. The van der Waals surface area contributed by atoms with Crippen molar-refractivity contribution < 1.29 is 9.53 Å². The van der Waals surface area contributed by atoms with Crippen LogP contribution in [-0.2, 0) is 11.3 Å². The molecule has 0 aliphatic rings. The van der Waals surface area contributed by atoms with E-state index in [1.165, 1.54) is 16.2 Å². The molecule has 0 bridgehead atoms. The number of nitrogens with one attached hydrogen (secondary N) is 1. The number of hydrogen-bond donors (Lipinski definition) is 1. The Bertz CT molecular complexity index is 1120. The molecule has 0 saturated carbocycles. The zero-order chi connectivity index (χ0) is 21.6. The molecule has 0 aliphatic heterocycles. The van der Waals surface area contributed by atoms with Gasteiger partial charge in [0.15, 0.2) is 0 Å². The summed E-state index contributed by atoms with van der Waals surface area (Å²) in [6, 6.07) is 14.4. The fraction of sp³-hybridized carbons (Fsp3) is 0.261.